The quantitative estimate of drug-likeness (QED) is 0.559. The second-order valence-electron chi connectivity index (χ2n) is 10.7. The van der Waals surface area contributed by atoms with Crippen molar-refractivity contribution in [3.8, 4) is 5.75 Å². The summed E-state index contributed by atoms with van der Waals surface area (Å²) in [6.07, 6.45) is 14.8. The summed E-state index contributed by atoms with van der Waals surface area (Å²) in [5.74, 6) is -1.22. The highest BCUT2D eigenvalue weighted by molar-refractivity contribution is 5.78. The van der Waals surface area contributed by atoms with Crippen LogP contribution in [0.3, 0.4) is 0 Å². The van der Waals surface area contributed by atoms with Gasteiger partial charge in [0.1, 0.15) is 11.4 Å². The number of rotatable bonds is 7. The number of carboxylic acid groups (broad SMARTS) is 1. The molecule has 0 aromatic heterocycles. The molecule has 7 nitrogen and oxygen atoms in total. The van der Waals surface area contributed by atoms with Gasteiger partial charge in [-0.2, -0.15) is 0 Å². The Balaban J connectivity index is 0.000000266. The molecule has 0 radical (unpaired) electrons. The molecule has 1 amide bonds. The Kier molecular flexibility index (Phi) is 11.7. The number of hydrogen-bond donors (Lipinski definition) is 3. The first-order chi connectivity index (χ1) is 16.1. The van der Waals surface area contributed by atoms with Gasteiger partial charge in [0, 0.05) is 0 Å². The molecular weight excluding hydrogens is 432 g/mol. The normalized spacial score (nSPS) is 18.3. The third-order valence-corrected chi connectivity index (χ3v) is 6.48. The maximum atomic E-state index is 11.6. The van der Waals surface area contributed by atoms with Crippen LogP contribution in [0, 0.1) is 0 Å². The molecule has 1 atom stereocenters. The van der Waals surface area contributed by atoms with Crippen molar-refractivity contribution in [2.75, 3.05) is 0 Å². The van der Waals surface area contributed by atoms with Gasteiger partial charge in [0.25, 0.3) is 0 Å². The molecule has 2 saturated carbocycles. The maximum Gasteiger partial charge on any atom is 0.408 e. The summed E-state index contributed by atoms with van der Waals surface area (Å²) in [6, 6.07) is 7.28. The number of alkyl carbamates (subject to hydrolysis) is 1. The highest BCUT2D eigenvalue weighted by Crippen LogP contribution is 2.18. The summed E-state index contributed by atoms with van der Waals surface area (Å²) in [5, 5.41) is 25.2. The molecule has 7 heteroatoms. The van der Waals surface area contributed by atoms with Crippen molar-refractivity contribution in [2.24, 2.45) is 0 Å². The molecule has 0 bridgehead atoms. The summed E-state index contributed by atoms with van der Waals surface area (Å²) in [7, 11) is 0. The number of carboxylic acids is 1. The standard InChI is InChI=1S/C15H21NO5.C12H23N/c1-15(2,3)21-14(20)16-12(13(18)19)9-6-10-4-7-11(17)8-5-10;1-3-7-11(8-4-1)13-12-9-5-2-6-10-12/h4-5,7-8,12,17H,6,9H2,1-3H3,(H,16,20)(H,18,19);11-13H,1-10H2. The van der Waals surface area contributed by atoms with E-state index >= 15 is 0 Å². The fourth-order valence-corrected chi connectivity index (χ4v) is 4.71. The number of aromatic hydroxyl groups is 1. The van der Waals surface area contributed by atoms with E-state index in [1.807, 2.05) is 0 Å². The van der Waals surface area contributed by atoms with Crippen molar-refractivity contribution in [2.45, 2.75) is 122 Å². The Labute approximate surface area is 204 Å². The largest absolute Gasteiger partial charge is 0.548 e. The lowest BCUT2D eigenvalue weighted by Crippen LogP contribution is -2.95. The van der Waals surface area contributed by atoms with Crippen LogP contribution < -0.4 is 15.7 Å². The van der Waals surface area contributed by atoms with E-state index < -0.39 is 23.7 Å². The molecule has 34 heavy (non-hydrogen) atoms. The van der Waals surface area contributed by atoms with Crippen LogP contribution in [0.1, 0.15) is 97.0 Å². The summed E-state index contributed by atoms with van der Waals surface area (Å²) < 4.78 is 5.01. The van der Waals surface area contributed by atoms with Crippen LogP contribution in [0.25, 0.3) is 0 Å². The van der Waals surface area contributed by atoms with Gasteiger partial charge in [0.2, 0.25) is 0 Å². The zero-order chi connectivity index (χ0) is 25.0. The second-order valence-corrected chi connectivity index (χ2v) is 10.7. The Bertz CT molecular complexity index is 716. The van der Waals surface area contributed by atoms with Crippen LogP contribution in [0.4, 0.5) is 4.79 Å². The number of carbonyl (C=O) groups is 2. The Hall–Kier alpha value is -2.28. The molecule has 1 aromatic rings. The molecular formula is C27H44N2O5. The fourth-order valence-electron chi connectivity index (χ4n) is 4.71. The van der Waals surface area contributed by atoms with Crippen molar-refractivity contribution in [3.63, 3.8) is 0 Å². The number of benzene rings is 1. The van der Waals surface area contributed by atoms with E-state index in [4.69, 9.17) is 4.74 Å². The van der Waals surface area contributed by atoms with Crippen LogP contribution in [-0.2, 0) is 16.0 Å². The average Bonchev–Trinajstić information content (AvgIpc) is 2.78. The summed E-state index contributed by atoms with van der Waals surface area (Å²) >= 11 is 0. The number of ether oxygens (including phenoxy) is 1. The molecule has 0 saturated heterocycles. The van der Waals surface area contributed by atoms with E-state index in [1.165, 1.54) is 76.3 Å². The van der Waals surface area contributed by atoms with Crippen molar-refractivity contribution < 1.29 is 29.9 Å². The maximum absolute atomic E-state index is 11.6. The van der Waals surface area contributed by atoms with E-state index in [9.17, 15) is 19.8 Å². The minimum Gasteiger partial charge on any atom is -0.548 e. The molecule has 1 unspecified atom stereocenters. The first-order valence-electron chi connectivity index (χ1n) is 13.0. The van der Waals surface area contributed by atoms with Crippen LogP contribution in [-0.4, -0.2) is 40.9 Å². The van der Waals surface area contributed by atoms with E-state index in [0.29, 0.717) is 6.42 Å². The number of phenols is 1. The monoisotopic (exact) mass is 476 g/mol. The number of hydrogen-bond acceptors (Lipinski definition) is 5. The number of carbonyl (C=O) groups excluding carboxylic acids is 2. The minimum atomic E-state index is -1.36. The highest BCUT2D eigenvalue weighted by atomic mass is 16.6. The molecule has 2 fully saturated rings. The zero-order valence-electron chi connectivity index (χ0n) is 21.2. The van der Waals surface area contributed by atoms with Gasteiger partial charge in [-0.15, -0.1) is 0 Å². The number of aryl methyl sites for hydroxylation is 1. The van der Waals surface area contributed by atoms with Gasteiger partial charge in [0.15, 0.2) is 0 Å². The lowest BCUT2D eigenvalue weighted by Gasteiger charge is -2.27. The predicted octanol–water partition coefficient (Wildman–Crippen LogP) is 3.18. The minimum absolute atomic E-state index is 0.141. The van der Waals surface area contributed by atoms with Crippen LogP contribution >= 0.6 is 0 Å². The average molecular weight is 477 g/mol. The van der Waals surface area contributed by atoms with Crippen molar-refractivity contribution in [1.29, 1.82) is 0 Å². The van der Waals surface area contributed by atoms with Crippen LogP contribution in [0.2, 0.25) is 0 Å². The third kappa shape index (κ3) is 11.7. The number of aliphatic carboxylic acids is 1. The number of quaternary nitrogens is 1. The fraction of sp³-hybridized carbons (Fsp3) is 0.704. The van der Waals surface area contributed by atoms with Gasteiger partial charge in [-0.1, -0.05) is 25.0 Å². The van der Waals surface area contributed by atoms with Crippen LogP contribution in [0.15, 0.2) is 24.3 Å². The van der Waals surface area contributed by atoms with Crippen molar-refractivity contribution in [1.82, 2.24) is 5.32 Å². The molecule has 2 aliphatic rings. The number of amides is 1. The number of nitrogens with two attached hydrogens (primary N) is 1. The highest BCUT2D eigenvalue weighted by Gasteiger charge is 2.23. The summed E-state index contributed by atoms with van der Waals surface area (Å²) in [6.45, 7) is 5.07. The predicted molar refractivity (Wildman–Crippen MR) is 130 cm³/mol. The Morgan fingerprint density at radius 1 is 1.00 bits per heavy atom. The van der Waals surface area contributed by atoms with Gasteiger partial charge in [-0.05, 0) is 103 Å². The van der Waals surface area contributed by atoms with Gasteiger partial charge in [-0.3, -0.25) is 0 Å². The molecule has 0 heterocycles. The SMILES string of the molecule is C1CCC([NH2+]C2CCCCC2)CC1.CC(C)(C)OC(=O)NC(CCc1ccc(O)cc1)C(=O)[O-]. The van der Waals surface area contributed by atoms with Gasteiger partial charge >= 0.3 is 6.09 Å². The first kappa shape index (κ1) is 28.0. The van der Waals surface area contributed by atoms with E-state index in [-0.39, 0.29) is 12.2 Å². The summed E-state index contributed by atoms with van der Waals surface area (Å²) in [4.78, 5) is 22.6. The first-order valence-corrected chi connectivity index (χ1v) is 13.0. The topological polar surface area (TPSA) is 115 Å². The van der Waals surface area contributed by atoms with Gasteiger partial charge < -0.3 is 30.4 Å². The summed E-state index contributed by atoms with van der Waals surface area (Å²) in [5.41, 5.74) is 0.155. The molecule has 0 spiro atoms. The molecule has 2 aliphatic carbocycles. The van der Waals surface area contributed by atoms with Gasteiger partial charge in [-0.25, -0.2) is 4.79 Å². The number of nitrogens with one attached hydrogen (secondary N) is 1. The van der Waals surface area contributed by atoms with E-state index in [2.05, 4.69) is 10.6 Å². The Morgan fingerprint density at radius 2 is 1.50 bits per heavy atom. The molecule has 192 valence electrons. The molecule has 1 aromatic carbocycles. The van der Waals surface area contributed by atoms with Crippen molar-refractivity contribution >= 4 is 12.1 Å². The van der Waals surface area contributed by atoms with Crippen molar-refractivity contribution in [3.05, 3.63) is 29.8 Å². The smallest absolute Gasteiger partial charge is 0.408 e. The molecule has 3 rings (SSSR count). The second kappa shape index (κ2) is 14.2. The Morgan fingerprint density at radius 3 is 1.94 bits per heavy atom. The molecule has 4 N–H and O–H groups in total. The third-order valence-electron chi connectivity index (χ3n) is 6.48. The lowest BCUT2D eigenvalue weighted by atomic mass is 9.91. The van der Waals surface area contributed by atoms with Gasteiger partial charge in [0.05, 0.1) is 24.1 Å². The zero-order valence-corrected chi connectivity index (χ0v) is 21.2. The van der Waals surface area contributed by atoms with E-state index in [0.717, 1.165) is 17.6 Å². The van der Waals surface area contributed by atoms with Crippen LogP contribution in [0.5, 0.6) is 5.75 Å². The molecule has 0 aliphatic heterocycles. The lowest BCUT2D eigenvalue weighted by molar-refractivity contribution is -0.725. The number of phenolic OH excluding ortho intramolecular Hbond substituents is 1. The van der Waals surface area contributed by atoms with E-state index in [1.54, 1.807) is 32.9 Å².